The van der Waals surface area contributed by atoms with Gasteiger partial charge in [0, 0.05) is 23.2 Å². The average Bonchev–Trinajstić information content (AvgIpc) is 3.16. The molecule has 1 aliphatic heterocycles. The van der Waals surface area contributed by atoms with Crippen LogP contribution < -0.4 is 9.62 Å². The van der Waals surface area contributed by atoms with Gasteiger partial charge >= 0.3 is 0 Å². The number of nitrogens with zero attached hydrogens (tertiary/aromatic N) is 2. The molecule has 2 aromatic carbocycles. The van der Waals surface area contributed by atoms with Gasteiger partial charge in [-0.1, -0.05) is 24.3 Å². The van der Waals surface area contributed by atoms with Crippen LogP contribution in [0.3, 0.4) is 0 Å². The van der Waals surface area contributed by atoms with E-state index in [1.807, 2.05) is 54.8 Å². The fourth-order valence-electron chi connectivity index (χ4n) is 3.64. The number of hydrogen-bond acceptors (Lipinski definition) is 5. The zero-order valence-corrected chi connectivity index (χ0v) is 18.5. The molecule has 2 heterocycles. The number of nitrogens with one attached hydrogen (secondary N) is 1. The lowest BCUT2D eigenvalue weighted by molar-refractivity contribution is -0.115. The highest BCUT2D eigenvalue weighted by atomic mass is 32.2. The molecule has 3 aromatic rings. The first-order chi connectivity index (χ1) is 14.3. The topological polar surface area (TPSA) is 79.4 Å². The van der Waals surface area contributed by atoms with Crippen molar-refractivity contribution in [1.29, 1.82) is 0 Å². The summed E-state index contributed by atoms with van der Waals surface area (Å²) < 4.78 is 25.5. The summed E-state index contributed by atoms with van der Waals surface area (Å²) in [5.74, 6) is -0.0977. The number of hydrogen-bond donors (Lipinski definition) is 1. The van der Waals surface area contributed by atoms with Gasteiger partial charge < -0.3 is 5.32 Å². The third-order valence-corrected chi connectivity index (χ3v) is 7.16. The molecule has 0 fully saturated rings. The summed E-state index contributed by atoms with van der Waals surface area (Å²) in [6.07, 6.45) is 3.09. The number of thiazole rings is 1. The lowest BCUT2D eigenvalue weighted by Crippen LogP contribution is -2.34. The van der Waals surface area contributed by atoms with Crippen molar-refractivity contribution < 1.29 is 13.2 Å². The van der Waals surface area contributed by atoms with Gasteiger partial charge in [-0.25, -0.2) is 13.4 Å². The molecule has 4 rings (SSSR count). The summed E-state index contributed by atoms with van der Waals surface area (Å²) in [7, 11) is -3.28. The van der Waals surface area contributed by atoms with E-state index in [4.69, 9.17) is 0 Å². The van der Waals surface area contributed by atoms with E-state index >= 15 is 0 Å². The van der Waals surface area contributed by atoms with E-state index in [0.29, 0.717) is 6.54 Å². The number of para-hydroxylation sites is 1. The summed E-state index contributed by atoms with van der Waals surface area (Å²) >= 11 is 1.45. The third-order valence-electron chi connectivity index (χ3n) is 5.13. The SMILES string of the molecule is Cc1ccccc1NC(=O)Cc1nc(-c2ccc3c(c2)CCCN3S(C)(=O)=O)cs1. The summed E-state index contributed by atoms with van der Waals surface area (Å²) in [4.78, 5) is 17.0. The Morgan fingerprint density at radius 2 is 2.03 bits per heavy atom. The fourth-order valence-corrected chi connectivity index (χ4v) is 5.43. The van der Waals surface area contributed by atoms with Gasteiger partial charge in [0.1, 0.15) is 5.01 Å². The molecule has 1 amide bonds. The number of carbonyl (C=O) groups is 1. The van der Waals surface area contributed by atoms with Crippen molar-refractivity contribution in [3.05, 3.63) is 64.0 Å². The minimum atomic E-state index is -3.28. The van der Waals surface area contributed by atoms with Crippen molar-refractivity contribution in [3.63, 3.8) is 0 Å². The largest absolute Gasteiger partial charge is 0.325 e. The smallest absolute Gasteiger partial charge is 0.232 e. The molecule has 1 aromatic heterocycles. The number of sulfonamides is 1. The number of fused-ring (bicyclic) bond motifs is 1. The van der Waals surface area contributed by atoms with E-state index in [0.717, 1.165) is 51.6 Å². The molecule has 0 saturated carbocycles. The van der Waals surface area contributed by atoms with Gasteiger partial charge in [0.05, 0.1) is 24.1 Å². The molecule has 30 heavy (non-hydrogen) atoms. The van der Waals surface area contributed by atoms with Gasteiger partial charge in [0.15, 0.2) is 0 Å². The van der Waals surface area contributed by atoms with E-state index < -0.39 is 10.0 Å². The average molecular weight is 442 g/mol. The van der Waals surface area contributed by atoms with E-state index in [1.165, 1.54) is 21.9 Å². The van der Waals surface area contributed by atoms with Gasteiger partial charge in [-0.2, -0.15) is 0 Å². The maximum atomic E-state index is 12.4. The standard InChI is InChI=1S/C22H23N3O3S2/c1-15-6-3-4-8-18(15)23-21(26)13-22-24-19(14-29-22)16-9-10-20-17(12-16)7-5-11-25(20)30(2,27)28/h3-4,6,8-10,12,14H,5,7,11,13H2,1-2H3,(H,23,26). The Morgan fingerprint density at radius 3 is 2.80 bits per heavy atom. The van der Waals surface area contributed by atoms with Gasteiger partial charge in [-0.3, -0.25) is 9.10 Å². The first-order valence-electron chi connectivity index (χ1n) is 9.72. The zero-order chi connectivity index (χ0) is 21.3. The van der Waals surface area contributed by atoms with Crippen LogP contribution in [0.5, 0.6) is 0 Å². The molecule has 0 saturated heterocycles. The van der Waals surface area contributed by atoms with Crippen molar-refractivity contribution in [1.82, 2.24) is 4.98 Å². The third kappa shape index (κ3) is 4.39. The Bertz CT molecular complexity index is 1200. The van der Waals surface area contributed by atoms with E-state index in [-0.39, 0.29) is 12.3 Å². The molecular weight excluding hydrogens is 418 g/mol. The van der Waals surface area contributed by atoms with Crippen molar-refractivity contribution in [2.24, 2.45) is 0 Å². The van der Waals surface area contributed by atoms with Crippen LogP contribution in [0.25, 0.3) is 11.3 Å². The Balaban J connectivity index is 1.50. The number of rotatable bonds is 5. The molecule has 0 aliphatic carbocycles. The van der Waals surface area contributed by atoms with Gasteiger partial charge in [0.2, 0.25) is 15.9 Å². The lowest BCUT2D eigenvalue weighted by atomic mass is 10.00. The molecule has 0 spiro atoms. The summed E-state index contributed by atoms with van der Waals surface area (Å²) in [5, 5.41) is 5.61. The maximum absolute atomic E-state index is 12.4. The normalized spacial score (nSPS) is 13.7. The quantitative estimate of drug-likeness (QED) is 0.649. The summed E-state index contributed by atoms with van der Waals surface area (Å²) in [5.41, 5.74) is 5.33. The second kappa shape index (κ2) is 8.20. The molecule has 1 N–H and O–H groups in total. The number of amides is 1. The van der Waals surface area contributed by atoms with Crippen LogP contribution in [0.15, 0.2) is 47.8 Å². The second-order valence-electron chi connectivity index (χ2n) is 7.45. The molecule has 0 radical (unpaired) electrons. The Kier molecular flexibility index (Phi) is 5.62. The molecule has 0 bridgehead atoms. The zero-order valence-electron chi connectivity index (χ0n) is 16.9. The molecule has 8 heteroatoms. The van der Waals surface area contributed by atoms with Crippen LogP contribution in [0.1, 0.15) is 22.6 Å². The highest BCUT2D eigenvalue weighted by Crippen LogP contribution is 2.33. The Labute approximate surface area is 180 Å². The van der Waals surface area contributed by atoms with Crippen LogP contribution >= 0.6 is 11.3 Å². The van der Waals surface area contributed by atoms with E-state index in [1.54, 1.807) is 0 Å². The first kappa shape index (κ1) is 20.6. The molecule has 156 valence electrons. The van der Waals surface area contributed by atoms with Crippen molar-refractivity contribution in [3.8, 4) is 11.3 Å². The van der Waals surface area contributed by atoms with Crippen LogP contribution in [0, 0.1) is 6.92 Å². The van der Waals surface area contributed by atoms with E-state index in [9.17, 15) is 13.2 Å². The Hall–Kier alpha value is -2.71. The Morgan fingerprint density at radius 1 is 1.23 bits per heavy atom. The molecule has 1 aliphatic rings. The second-order valence-corrected chi connectivity index (χ2v) is 10.3. The highest BCUT2D eigenvalue weighted by Gasteiger charge is 2.24. The summed E-state index contributed by atoms with van der Waals surface area (Å²) in [6, 6.07) is 13.4. The minimum Gasteiger partial charge on any atom is -0.325 e. The fraction of sp³-hybridized carbons (Fsp3) is 0.273. The first-order valence-corrected chi connectivity index (χ1v) is 12.4. The van der Waals surface area contributed by atoms with Crippen LogP contribution in [-0.2, 0) is 27.7 Å². The predicted molar refractivity (Wildman–Crippen MR) is 122 cm³/mol. The highest BCUT2D eigenvalue weighted by molar-refractivity contribution is 7.92. The van der Waals surface area contributed by atoms with Crippen LogP contribution in [0.2, 0.25) is 0 Å². The molecular formula is C22H23N3O3S2. The van der Waals surface area contributed by atoms with Gasteiger partial charge in [-0.05, 0) is 49.1 Å². The van der Waals surface area contributed by atoms with Crippen molar-refractivity contribution >= 4 is 38.6 Å². The predicted octanol–water partition coefficient (Wildman–Crippen LogP) is 4.01. The number of aromatic nitrogens is 1. The monoisotopic (exact) mass is 441 g/mol. The van der Waals surface area contributed by atoms with E-state index in [2.05, 4.69) is 10.3 Å². The minimum absolute atomic E-state index is 0.0977. The lowest BCUT2D eigenvalue weighted by Gasteiger charge is -2.29. The number of aryl methyl sites for hydroxylation is 2. The number of benzene rings is 2. The number of carbonyl (C=O) groups excluding carboxylic acids is 1. The van der Waals surface area contributed by atoms with Gasteiger partial charge in [-0.15, -0.1) is 11.3 Å². The van der Waals surface area contributed by atoms with Gasteiger partial charge in [0.25, 0.3) is 0 Å². The summed E-state index contributed by atoms with van der Waals surface area (Å²) in [6.45, 7) is 2.47. The molecule has 0 atom stereocenters. The number of anilines is 2. The molecule has 6 nitrogen and oxygen atoms in total. The molecule has 0 unspecified atom stereocenters. The van der Waals surface area contributed by atoms with Crippen LogP contribution in [-0.4, -0.2) is 32.1 Å². The van der Waals surface area contributed by atoms with Crippen LogP contribution in [0.4, 0.5) is 11.4 Å². The maximum Gasteiger partial charge on any atom is 0.232 e. The van der Waals surface area contributed by atoms with Crippen molar-refractivity contribution in [2.45, 2.75) is 26.2 Å². The van der Waals surface area contributed by atoms with Crippen molar-refractivity contribution in [2.75, 3.05) is 22.4 Å².